The number of fused-ring (bicyclic) bond motifs is 1. The van der Waals surface area contributed by atoms with Crippen molar-refractivity contribution in [3.8, 4) is 0 Å². The fourth-order valence-electron chi connectivity index (χ4n) is 3.49. The topological polar surface area (TPSA) is 118 Å². The van der Waals surface area contributed by atoms with Crippen molar-refractivity contribution < 1.29 is 18.7 Å². The van der Waals surface area contributed by atoms with Crippen LogP contribution >= 0.6 is 0 Å². The summed E-state index contributed by atoms with van der Waals surface area (Å²) in [4.78, 5) is 38.3. The molecule has 0 saturated carbocycles. The maximum atomic E-state index is 12.4. The number of nitrogens with zero attached hydrogens (tertiary/aromatic N) is 2. The van der Waals surface area contributed by atoms with Gasteiger partial charge in [0.05, 0.1) is 30.1 Å². The Bertz CT molecular complexity index is 908. The largest absolute Gasteiger partial charge is 0.466 e. The lowest BCUT2D eigenvalue weighted by atomic mass is 9.97. The normalized spacial score (nSPS) is 15.8. The van der Waals surface area contributed by atoms with E-state index in [0.717, 1.165) is 0 Å². The number of furan rings is 1. The summed E-state index contributed by atoms with van der Waals surface area (Å²) in [7, 11) is 0. The third kappa shape index (κ3) is 4.02. The van der Waals surface area contributed by atoms with Crippen LogP contribution in [0.3, 0.4) is 0 Å². The zero-order valence-corrected chi connectivity index (χ0v) is 15.8. The van der Waals surface area contributed by atoms with E-state index in [1.165, 1.54) is 0 Å². The smallest absolute Gasteiger partial charge is 0.309 e. The van der Waals surface area contributed by atoms with E-state index >= 15 is 0 Å². The third-order valence-corrected chi connectivity index (χ3v) is 4.83. The molecular formula is C18H24N4O5. The van der Waals surface area contributed by atoms with Crippen molar-refractivity contribution in [2.24, 2.45) is 5.92 Å². The van der Waals surface area contributed by atoms with E-state index in [-0.39, 0.29) is 30.2 Å². The summed E-state index contributed by atoms with van der Waals surface area (Å²) in [6, 6.07) is 0. The number of carbonyl (C=O) groups is 2. The van der Waals surface area contributed by atoms with Gasteiger partial charge >= 0.3 is 5.97 Å². The molecule has 0 aliphatic carbocycles. The molecule has 3 heterocycles. The molecule has 1 aliphatic heterocycles. The van der Waals surface area contributed by atoms with Gasteiger partial charge in [-0.25, -0.2) is 5.10 Å². The number of ether oxygens (including phenoxy) is 1. The minimum absolute atomic E-state index is 0.102. The highest BCUT2D eigenvalue weighted by atomic mass is 16.5. The Balaban J connectivity index is 1.63. The maximum absolute atomic E-state index is 12.4. The van der Waals surface area contributed by atoms with E-state index in [2.05, 4.69) is 15.5 Å². The minimum Gasteiger partial charge on any atom is -0.466 e. The summed E-state index contributed by atoms with van der Waals surface area (Å²) in [5, 5.41) is 9.94. The highest BCUT2D eigenvalue weighted by Gasteiger charge is 2.27. The van der Waals surface area contributed by atoms with Gasteiger partial charge in [0.1, 0.15) is 11.1 Å². The molecular weight excluding hydrogens is 352 g/mol. The van der Waals surface area contributed by atoms with Gasteiger partial charge in [-0.15, -0.1) is 0 Å². The Morgan fingerprint density at radius 1 is 1.30 bits per heavy atom. The second-order valence-corrected chi connectivity index (χ2v) is 6.73. The maximum Gasteiger partial charge on any atom is 0.309 e. The zero-order chi connectivity index (χ0) is 19.6. The Hall–Kier alpha value is -2.68. The number of hydrogen-bond acceptors (Lipinski definition) is 7. The van der Waals surface area contributed by atoms with Crippen molar-refractivity contribution in [1.29, 1.82) is 0 Å². The van der Waals surface area contributed by atoms with Crippen LogP contribution in [0.4, 0.5) is 5.88 Å². The first-order valence-corrected chi connectivity index (χ1v) is 9.08. The minimum atomic E-state index is -0.405. The van der Waals surface area contributed by atoms with Gasteiger partial charge < -0.3 is 9.15 Å². The van der Waals surface area contributed by atoms with Gasteiger partial charge in [-0.3, -0.25) is 24.6 Å². The summed E-state index contributed by atoms with van der Waals surface area (Å²) >= 11 is 0. The van der Waals surface area contributed by atoms with Crippen LogP contribution in [0, 0.1) is 19.8 Å². The number of rotatable bonds is 5. The second-order valence-electron chi connectivity index (χ2n) is 6.73. The molecule has 1 aliphatic rings. The number of esters is 1. The summed E-state index contributed by atoms with van der Waals surface area (Å²) in [5.74, 6) is 0.138. The lowest BCUT2D eigenvalue weighted by Crippen LogP contribution is -2.41. The molecule has 9 nitrogen and oxygen atoms in total. The molecule has 3 rings (SSSR count). The number of carbonyl (C=O) groups excluding carboxylic acids is 2. The van der Waals surface area contributed by atoms with Gasteiger partial charge in [-0.1, -0.05) is 0 Å². The molecule has 27 heavy (non-hydrogen) atoms. The number of aryl methyl sites for hydroxylation is 2. The van der Waals surface area contributed by atoms with Crippen molar-refractivity contribution in [2.45, 2.75) is 33.6 Å². The lowest BCUT2D eigenvalue weighted by Gasteiger charge is -2.30. The number of piperidine rings is 1. The summed E-state index contributed by atoms with van der Waals surface area (Å²) < 4.78 is 10.6. The van der Waals surface area contributed by atoms with Gasteiger partial charge in [0.15, 0.2) is 0 Å². The van der Waals surface area contributed by atoms with Gasteiger partial charge in [0.2, 0.25) is 11.8 Å². The number of hydrogen-bond donors (Lipinski definition) is 2. The van der Waals surface area contributed by atoms with Crippen LogP contribution in [-0.2, 0) is 14.3 Å². The molecule has 1 amide bonds. The molecule has 0 atom stereocenters. The predicted octanol–water partition coefficient (Wildman–Crippen LogP) is 1.35. The Morgan fingerprint density at radius 2 is 2.00 bits per heavy atom. The number of amides is 1. The molecule has 146 valence electrons. The Morgan fingerprint density at radius 3 is 2.67 bits per heavy atom. The van der Waals surface area contributed by atoms with Crippen LogP contribution in [0.1, 0.15) is 31.2 Å². The number of aromatic amines is 1. The van der Waals surface area contributed by atoms with Crippen LogP contribution in [0.2, 0.25) is 0 Å². The molecule has 1 fully saturated rings. The SMILES string of the molecule is CCOC(=O)C1CCN(CC(=O)Nc2oc(C)c3c(C)n[nH]c(=O)c23)CC1. The quantitative estimate of drug-likeness (QED) is 0.756. The van der Waals surface area contributed by atoms with Crippen LogP contribution in [0.25, 0.3) is 10.8 Å². The number of H-pyrrole nitrogens is 1. The molecule has 2 aromatic heterocycles. The summed E-state index contributed by atoms with van der Waals surface area (Å²) in [6.07, 6.45) is 1.33. The molecule has 2 aromatic rings. The summed E-state index contributed by atoms with van der Waals surface area (Å²) in [6.45, 7) is 7.11. The average Bonchev–Trinajstić information content (AvgIpc) is 2.96. The lowest BCUT2D eigenvalue weighted by molar-refractivity contribution is -0.149. The molecule has 2 N–H and O–H groups in total. The van der Waals surface area contributed by atoms with Crippen LogP contribution in [0.5, 0.6) is 0 Å². The number of nitrogens with one attached hydrogen (secondary N) is 2. The molecule has 1 saturated heterocycles. The van der Waals surface area contributed by atoms with Gasteiger partial charge in [-0.2, -0.15) is 5.10 Å². The fourth-order valence-corrected chi connectivity index (χ4v) is 3.49. The van der Waals surface area contributed by atoms with E-state index in [9.17, 15) is 14.4 Å². The monoisotopic (exact) mass is 376 g/mol. The fraction of sp³-hybridized carbons (Fsp3) is 0.556. The van der Waals surface area contributed by atoms with E-state index < -0.39 is 5.56 Å². The first-order chi connectivity index (χ1) is 12.9. The number of likely N-dealkylation sites (tertiary alicyclic amines) is 1. The third-order valence-electron chi connectivity index (χ3n) is 4.83. The molecule has 0 aromatic carbocycles. The first-order valence-electron chi connectivity index (χ1n) is 9.08. The molecule has 9 heteroatoms. The van der Waals surface area contributed by atoms with E-state index in [4.69, 9.17) is 9.15 Å². The Labute approximate surface area is 156 Å². The standard InChI is InChI=1S/C18H24N4O5/c1-4-26-18(25)12-5-7-22(8-6-12)9-13(23)19-17-15-14(11(3)27-17)10(2)20-21-16(15)24/h12H,4-9H2,1-3H3,(H,19,23)(H,21,24). The number of anilines is 1. The zero-order valence-electron chi connectivity index (χ0n) is 15.8. The predicted molar refractivity (Wildman–Crippen MR) is 98.5 cm³/mol. The Kier molecular flexibility index (Phi) is 5.59. The van der Waals surface area contributed by atoms with Crippen molar-refractivity contribution in [3.63, 3.8) is 0 Å². The van der Waals surface area contributed by atoms with Gasteiger partial charge in [-0.05, 0) is 46.7 Å². The van der Waals surface area contributed by atoms with E-state index in [1.807, 2.05) is 4.90 Å². The van der Waals surface area contributed by atoms with Crippen molar-refractivity contribution in [1.82, 2.24) is 15.1 Å². The molecule has 0 spiro atoms. The molecule has 0 radical (unpaired) electrons. The number of aromatic nitrogens is 2. The van der Waals surface area contributed by atoms with E-state index in [1.54, 1.807) is 20.8 Å². The average molecular weight is 376 g/mol. The molecule has 0 unspecified atom stereocenters. The highest BCUT2D eigenvalue weighted by molar-refractivity contribution is 6.01. The van der Waals surface area contributed by atoms with Crippen LogP contribution in [-0.4, -0.2) is 53.2 Å². The van der Waals surface area contributed by atoms with E-state index in [0.29, 0.717) is 54.8 Å². The van der Waals surface area contributed by atoms with Gasteiger partial charge in [0.25, 0.3) is 5.56 Å². The first kappa shape index (κ1) is 19.1. The van der Waals surface area contributed by atoms with Crippen LogP contribution < -0.4 is 10.9 Å². The van der Waals surface area contributed by atoms with Gasteiger partial charge in [0, 0.05) is 0 Å². The van der Waals surface area contributed by atoms with Crippen molar-refractivity contribution >= 4 is 28.5 Å². The summed E-state index contributed by atoms with van der Waals surface area (Å²) in [5.41, 5.74) is 0.227. The highest BCUT2D eigenvalue weighted by Crippen LogP contribution is 2.28. The second kappa shape index (κ2) is 7.91. The van der Waals surface area contributed by atoms with Crippen LogP contribution in [0.15, 0.2) is 9.21 Å². The molecule has 0 bridgehead atoms. The van der Waals surface area contributed by atoms with Crippen molar-refractivity contribution in [3.05, 3.63) is 21.8 Å². The van der Waals surface area contributed by atoms with Crippen molar-refractivity contribution in [2.75, 3.05) is 31.6 Å².